The van der Waals surface area contributed by atoms with E-state index in [4.69, 9.17) is 4.74 Å². The van der Waals surface area contributed by atoms with Crippen molar-refractivity contribution in [2.24, 2.45) is 0 Å². The molecule has 1 aliphatic rings. The third-order valence-corrected chi connectivity index (χ3v) is 4.85. The molecule has 1 saturated heterocycles. The van der Waals surface area contributed by atoms with Crippen LogP contribution in [0.2, 0.25) is 0 Å². The van der Waals surface area contributed by atoms with E-state index in [1.54, 1.807) is 12.0 Å². The highest BCUT2D eigenvalue weighted by Crippen LogP contribution is 2.14. The highest BCUT2D eigenvalue weighted by Gasteiger charge is 2.25. The Kier molecular flexibility index (Phi) is 4.84. The van der Waals surface area contributed by atoms with Crippen molar-refractivity contribution in [1.82, 2.24) is 9.21 Å². The Morgan fingerprint density at radius 3 is 2.48 bits per heavy atom. The summed E-state index contributed by atoms with van der Waals surface area (Å²) in [6.45, 7) is 1.61. The maximum absolute atomic E-state index is 12.2. The molecule has 21 heavy (non-hydrogen) atoms. The fourth-order valence-electron chi connectivity index (χ4n) is 2.34. The Morgan fingerprint density at radius 2 is 1.90 bits per heavy atom. The highest BCUT2D eigenvalue weighted by atomic mass is 32.2. The third-order valence-electron chi connectivity index (χ3n) is 3.55. The van der Waals surface area contributed by atoms with Crippen LogP contribution in [0.1, 0.15) is 5.56 Å². The van der Waals surface area contributed by atoms with Crippen molar-refractivity contribution in [3.8, 4) is 5.75 Å². The van der Waals surface area contributed by atoms with E-state index in [1.165, 1.54) is 10.6 Å². The molecule has 6 nitrogen and oxygen atoms in total. The summed E-state index contributed by atoms with van der Waals surface area (Å²) < 4.78 is 29.4. The second kappa shape index (κ2) is 6.44. The topological polar surface area (TPSA) is 66.9 Å². The van der Waals surface area contributed by atoms with Crippen molar-refractivity contribution in [2.75, 3.05) is 39.5 Å². The first kappa shape index (κ1) is 15.8. The molecule has 0 saturated carbocycles. The average molecular weight is 312 g/mol. The van der Waals surface area contributed by atoms with E-state index in [0.717, 1.165) is 11.3 Å². The summed E-state index contributed by atoms with van der Waals surface area (Å²) >= 11 is 0. The Bertz CT molecular complexity index is 607. The summed E-state index contributed by atoms with van der Waals surface area (Å²) in [5, 5.41) is 0. The van der Waals surface area contributed by atoms with Crippen LogP contribution in [0, 0.1) is 0 Å². The van der Waals surface area contributed by atoms with E-state index in [-0.39, 0.29) is 5.91 Å². The second-order valence-corrected chi connectivity index (χ2v) is 7.05. The van der Waals surface area contributed by atoms with Gasteiger partial charge in [0.05, 0.1) is 19.8 Å². The summed E-state index contributed by atoms with van der Waals surface area (Å²) in [5.74, 6) is 0.735. The number of carbonyl (C=O) groups is 1. The zero-order chi connectivity index (χ0) is 15.5. The van der Waals surface area contributed by atoms with Gasteiger partial charge in [0.15, 0.2) is 0 Å². The van der Waals surface area contributed by atoms with Gasteiger partial charge in [-0.05, 0) is 17.7 Å². The molecule has 116 valence electrons. The standard InChI is InChI=1S/C14H20N2O4S/c1-20-13-5-3-4-12(10-13)11-14(17)15-6-8-16(9-7-15)21(2,18)19/h3-5,10H,6-9,11H2,1-2H3. The van der Waals surface area contributed by atoms with Crippen LogP contribution in [-0.2, 0) is 21.2 Å². The van der Waals surface area contributed by atoms with Gasteiger partial charge < -0.3 is 9.64 Å². The lowest BCUT2D eigenvalue weighted by Crippen LogP contribution is -2.50. The van der Waals surface area contributed by atoms with Gasteiger partial charge in [-0.15, -0.1) is 0 Å². The summed E-state index contributed by atoms with van der Waals surface area (Å²) in [7, 11) is -1.58. The van der Waals surface area contributed by atoms with Gasteiger partial charge in [0.25, 0.3) is 0 Å². The fourth-order valence-corrected chi connectivity index (χ4v) is 3.16. The van der Waals surface area contributed by atoms with Crippen LogP contribution < -0.4 is 4.74 Å². The van der Waals surface area contributed by atoms with Crippen LogP contribution in [0.15, 0.2) is 24.3 Å². The number of carbonyl (C=O) groups excluding carboxylic acids is 1. The predicted molar refractivity (Wildman–Crippen MR) is 79.7 cm³/mol. The number of hydrogen-bond donors (Lipinski definition) is 0. The van der Waals surface area contributed by atoms with E-state index in [0.29, 0.717) is 32.6 Å². The molecule has 1 aromatic carbocycles. The number of piperazine rings is 1. The van der Waals surface area contributed by atoms with Crippen molar-refractivity contribution in [1.29, 1.82) is 0 Å². The van der Waals surface area contributed by atoms with Crippen molar-refractivity contribution in [3.63, 3.8) is 0 Å². The van der Waals surface area contributed by atoms with Crippen LogP contribution in [-0.4, -0.2) is 63.1 Å². The number of hydrogen-bond acceptors (Lipinski definition) is 4. The predicted octanol–water partition coefficient (Wildman–Crippen LogP) is 0.342. The Balaban J connectivity index is 1.93. The highest BCUT2D eigenvalue weighted by molar-refractivity contribution is 7.88. The van der Waals surface area contributed by atoms with Crippen LogP contribution in [0.25, 0.3) is 0 Å². The number of rotatable bonds is 4. The van der Waals surface area contributed by atoms with E-state index in [9.17, 15) is 13.2 Å². The molecule has 1 fully saturated rings. The Hall–Kier alpha value is -1.60. The van der Waals surface area contributed by atoms with Gasteiger partial charge in [0, 0.05) is 26.2 Å². The molecule has 7 heteroatoms. The van der Waals surface area contributed by atoms with Gasteiger partial charge >= 0.3 is 0 Å². The van der Waals surface area contributed by atoms with Crippen molar-refractivity contribution in [2.45, 2.75) is 6.42 Å². The van der Waals surface area contributed by atoms with Gasteiger partial charge in [-0.1, -0.05) is 12.1 Å². The first-order valence-electron chi connectivity index (χ1n) is 6.76. The molecule has 2 rings (SSSR count). The van der Waals surface area contributed by atoms with Gasteiger partial charge in [-0.25, -0.2) is 8.42 Å². The molecule has 0 unspecified atom stereocenters. The van der Waals surface area contributed by atoms with Crippen molar-refractivity contribution < 1.29 is 17.9 Å². The summed E-state index contributed by atoms with van der Waals surface area (Å²) in [4.78, 5) is 14.0. The lowest BCUT2D eigenvalue weighted by Gasteiger charge is -2.33. The summed E-state index contributed by atoms with van der Waals surface area (Å²) in [5.41, 5.74) is 0.893. The molecule has 0 aliphatic carbocycles. The first-order chi connectivity index (χ1) is 9.90. The number of methoxy groups -OCH3 is 1. The number of amides is 1. The van der Waals surface area contributed by atoms with Crippen LogP contribution in [0.3, 0.4) is 0 Å². The third kappa shape index (κ3) is 4.18. The smallest absolute Gasteiger partial charge is 0.227 e. The molecule has 0 N–H and O–H groups in total. The molecule has 1 heterocycles. The molecule has 0 aromatic heterocycles. The molecule has 1 aliphatic heterocycles. The zero-order valence-electron chi connectivity index (χ0n) is 12.3. The largest absolute Gasteiger partial charge is 0.497 e. The lowest BCUT2D eigenvalue weighted by atomic mass is 10.1. The van der Waals surface area contributed by atoms with Gasteiger partial charge in [0.1, 0.15) is 5.75 Å². The molecule has 0 radical (unpaired) electrons. The van der Waals surface area contributed by atoms with E-state index in [2.05, 4.69) is 0 Å². The lowest BCUT2D eigenvalue weighted by molar-refractivity contribution is -0.131. The minimum absolute atomic E-state index is 0.0106. The minimum atomic E-state index is -3.16. The fraction of sp³-hybridized carbons (Fsp3) is 0.500. The maximum atomic E-state index is 12.2. The second-order valence-electron chi connectivity index (χ2n) is 5.07. The maximum Gasteiger partial charge on any atom is 0.227 e. The van der Waals surface area contributed by atoms with Crippen molar-refractivity contribution in [3.05, 3.63) is 29.8 Å². The zero-order valence-corrected chi connectivity index (χ0v) is 13.1. The molecular formula is C14H20N2O4S. The molecular weight excluding hydrogens is 292 g/mol. The molecule has 0 spiro atoms. The van der Waals surface area contributed by atoms with Crippen LogP contribution in [0.5, 0.6) is 5.75 Å². The molecule has 0 bridgehead atoms. The number of ether oxygens (including phenoxy) is 1. The van der Waals surface area contributed by atoms with E-state index >= 15 is 0 Å². The number of benzene rings is 1. The summed E-state index contributed by atoms with van der Waals surface area (Å²) in [6, 6.07) is 7.40. The quantitative estimate of drug-likeness (QED) is 0.804. The molecule has 0 atom stereocenters. The number of sulfonamides is 1. The van der Waals surface area contributed by atoms with Crippen LogP contribution >= 0.6 is 0 Å². The summed E-state index contributed by atoms with van der Waals surface area (Å²) in [6.07, 6.45) is 1.50. The SMILES string of the molecule is COc1cccc(CC(=O)N2CCN(S(C)(=O)=O)CC2)c1. The Labute approximate surface area is 125 Å². The van der Waals surface area contributed by atoms with Gasteiger partial charge in [-0.2, -0.15) is 4.31 Å². The van der Waals surface area contributed by atoms with Crippen LogP contribution in [0.4, 0.5) is 0 Å². The number of nitrogens with zero attached hydrogens (tertiary/aromatic N) is 2. The average Bonchev–Trinajstić information content (AvgIpc) is 2.46. The van der Waals surface area contributed by atoms with Gasteiger partial charge in [0.2, 0.25) is 15.9 Å². The van der Waals surface area contributed by atoms with E-state index in [1.807, 2.05) is 24.3 Å². The van der Waals surface area contributed by atoms with Gasteiger partial charge in [-0.3, -0.25) is 4.79 Å². The minimum Gasteiger partial charge on any atom is -0.497 e. The molecule has 1 aromatic rings. The Morgan fingerprint density at radius 1 is 1.24 bits per heavy atom. The molecule has 1 amide bonds. The van der Waals surface area contributed by atoms with Crippen molar-refractivity contribution >= 4 is 15.9 Å². The normalized spacial score (nSPS) is 16.8. The monoisotopic (exact) mass is 312 g/mol. The van der Waals surface area contributed by atoms with E-state index < -0.39 is 10.0 Å². The first-order valence-corrected chi connectivity index (χ1v) is 8.61.